The first-order chi connectivity index (χ1) is 20.1. The van der Waals surface area contributed by atoms with Crippen molar-refractivity contribution in [3.63, 3.8) is 0 Å². The molecule has 6 aromatic rings. The van der Waals surface area contributed by atoms with Crippen molar-refractivity contribution >= 4 is 48.8 Å². The third kappa shape index (κ3) is 5.48. The highest BCUT2D eigenvalue weighted by molar-refractivity contribution is 8.25. The van der Waals surface area contributed by atoms with Gasteiger partial charge in [0.05, 0.1) is 33.8 Å². The van der Waals surface area contributed by atoms with Crippen LogP contribution < -0.4 is 10.0 Å². The Morgan fingerprint density at radius 2 is 1.81 bits per heavy atom. The van der Waals surface area contributed by atoms with Crippen molar-refractivity contribution in [3.8, 4) is 33.9 Å². The second kappa shape index (κ2) is 10.7. The lowest BCUT2D eigenvalue weighted by atomic mass is 10.0. The van der Waals surface area contributed by atoms with Crippen LogP contribution in [0.4, 0.5) is 14.5 Å². The van der Waals surface area contributed by atoms with Crippen LogP contribution >= 0.6 is 9.39 Å². The molecule has 0 atom stereocenters. The van der Waals surface area contributed by atoms with Gasteiger partial charge in [-0.1, -0.05) is 23.9 Å². The minimum absolute atomic E-state index is 0.158. The van der Waals surface area contributed by atoms with E-state index in [1.807, 2.05) is 50.4 Å². The van der Waals surface area contributed by atoms with Gasteiger partial charge in [0.15, 0.2) is 11.6 Å². The zero-order chi connectivity index (χ0) is 29.6. The smallest absolute Gasteiger partial charge is 0.161 e. The number of pyridine rings is 2. The van der Waals surface area contributed by atoms with Crippen LogP contribution in [-0.4, -0.2) is 54.2 Å². The van der Waals surface area contributed by atoms with Gasteiger partial charge in [-0.05, 0) is 61.6 Å². The van der Waals surface area contributed by atoms with Gasteiger partial charge < -0.3 is 10.3 Å². The summed E-state index contributed by atoms with van der Waals surface area (Å²) in [6, 6.07) is 12.5. The summed E-state index contributed by atoms with van der Waals surface area (Å²) in [5.74, 6) is 7.54. The van der Waals surface area contributed by atoms with E-state index in [-0.39, 0.29) is 22.9 Å². The molecule has 0 spiro atoms. The fraction of sp³-hybridized carbons (Fsp3) is 0.161. The highest BCUT2D eigenvalue weighted by Gasteiger charge is 2.21. The van der Waals surface area contributed by atoms with E-state index in [9.17, 15) is 4.39 Å². The fourth-order valence-electron chi connectivity index (χ4n) is 4.87. The summed E-state index contributed by atoms with van der Waals surface area (Å²) < 4.78 is 34.1. The van der Waals surface area contributed by atoms with Crippen LogP contribution in [0.15, 0.2) is 61.1 Å². The lowest BCUT2D eigenvalue weighted by Crippen LogP contribution is -2.09. The van der Waals surface area contributed by atoms with Crippen LogP contribution in [0.25, 0.3) is 55.8 Å². The number of fused-ring (bicyclic) bond motifs is 2. The summed E-state index contributed by atoms with van der Waals surface area (Å²) in [4.78, 5) is 16.7. The maximum atomic E-state index is 16.1. The summed E-state index contributed by atoms with van der Waals surface area (Å²) in [6.07, 6.45) is 6.74. The number of rotatable bonds is 8. The monoisotopic (exact) mass is 584 g/mol. The van der Waals surface area contributed by atoms with E-state index in [0.717, 1.165) is 16.8 Å². The number of anilines is 1. The molecule has 0 aliphatic carbocycles. The first-order valence-electron chi connectivity index (χ1n) is 13.3. The van der Waals surface area contributed by atoms with E-state index in [0.29, 0.717) is 45.7 Å². The second-order valence-corrected chi connectivity index (χ2v) is 13.6. The quantitative estimate of drug-likeness (QED) is 0.150. The molecule has 6 rings (SSSR count). The van der Waals surface area contributed by atoms with E-state index in [4.69, 9.17) is 4.98 Å². The number of halogens is 2. The minimum atomic E-state index is -1.46. The lowest BCUT2D eigenvalue weighted by molar-refractivity contribution is 0.625. The van der Waals surface area contributed by atoms with Crippen molar-refractivity contribution in [1.82, 2.24) is 34.9 Å². The van der Waals surface area contributed by atoms with Crippen molar-refractivity contribution in [2.75, 3.05) is 11.6 Å². The number of imidazole rings is 1. The molecule has 0 fully saturated rings. The van der Waals surface area contributed by atoms with Gasteiger partial charge in [0, 0.05) is 36.1 Å². The van der Waals surface area contributed by atoms with E-state index < -0.39 is 15.2 Å². The molecule has 0 amide bonds. The van der Waals surface area contributed by atoms with E-state index in [2.05, 4.69) is 46.9 Å². The second-order valence-electron chi connectivity index (χ2n) is 10.8. The zero-order valence-corrected chi connectivity index (χ0v) is 24.2. The van der Waals surface area contributed by atoms with Crippen LogP contribution in [0.1, 0.15) is 19.4 Å². The normalized spacial score (nSPS) is 12.0. The maximum absolute atomic E-state index is 16.1. The predicted molar refractivity (Wildman–Crippen MR) is 171 cm³/mol. The van der Waals surface area contributed by atoms with Gasteiger partial charge in [0.1, 0.15) is 17.2 Å². The molecule has 4 heterocycles. The summed E-state index contributed by atoms with van der Waals surface area (Å²) in [5.41, 5.74) is 5.71. The number of hydrogen-bond donors (Lipinski definition) is 4. The first-order valence-corrected chi connectivity index (χ1v) is 15.7. The molecule has 0 bridgehead atoms. The van der Waals surface area contributed by atoms with Gasteiger partial charge in [0.2, 0.25) is 0 Å². The van der Waals surface area contributed by atoms with Gasteiger partial charge in [-0.3, -0.25) is 19.8 Å². The summed E-state index contributed by atoms with van der Waals surface area (Å²) in [6.45, 7) is 4.47. The molecule has 42 heavy (non-hydrogen) atoms. The largest absolute Gasteiger partial charge is 0.382 e. The number of H-pyrrole nitrogens is 2. The first kappa shape index (κ1) is 27.6. The SMILES string of the molecule is C=S(=C)(C)NCc1cc(F)cc(-c2cccc3[nH]c(-c4n[nH]c5cnc(-c6cncc(NC(C)C)c6)c(F)c45)nc23)c1. The van der Waals surface area contributed by atoms with Gasteiger partial charge in [-0.15, -0.1) is 0 Å². The van der Waals surface area contributed by atoms with E-state index in [1.165, 1.54) is 12.1 Å². The molecule has 11 heteroatoms. The van der Waals surface area contributed by atoms with Gasteiger partial charge in [-0.2, -0.15) is 14.5 Å². The number of benzene rings is 2. The molecule has 4 aromatic heterocycles. The van der Waals surface area contributed by atoms with Crippen LogP contribution in [0, 0.1) is 11.6 Å². The van der Waals surface area contributed by atoms with Crippen LogP contribution in [0.5, 0.6) is 0 Å². The Morgan fingerprint density at radius 1 is 0.976 bits per heavy atom. The Labute approximate surface area is 242 Å². The summed E-state index contributed by atoms with van der Waals surface area (Å²) in [7, 11) is -1.46. The Bertz CT molecular complexity index is 2060. The Hall–Kier alpha value is -4.61. The van der Waals surface area contributed by atoms with Gasteiger partial charge in [-0.25, -0.2) is 13.8 Å². The van der Waals surface area contributed by atoms with E-state index >= 15 is 4.39 Å². The minimum Gasteiger partial charge on any atom is -0.382 e. The highest BCUT2D eigenvalue weighted by Crippen LogP contribution is 2.35. The molecule has 0 radical (unpaired) electrons. The zero-order valence-electron chi connectivity index (χ0n) is 23.4. The molecule has 2 aromatic carbocycles. The van der Waals surface area contributed by atoms with Crippen LogP contribution in [-0.2, 0) is 6.54 Å². The van der Waals surface area contributed by atoms with Crippen molar-refractivity contribution in [3.05, 3.63) is 78.3 Å². The van der Waals surface area contributed by atoms with Crippen molar-refractivity contribution in [2.45, 2.75) is 26.4 Å². The molecule has 4 N–H and O–H groups in total. The molecular weight excluding hydrogens is 554 g/mol. The maximum Gasteiger partial charge on any atom is 0.161 e. The average molecular weight is 585 g/mol. The molecule has 0 aliphatic rings. The topological polar surface area (TPSA) is 107 Å². The molecule has 0 saturated carbocycles. The van der Waals surface area contributed by atoms with Gasteiger partial charge >= 0.3 is 0 Å². The molecule has 214 valence electrons. The number of aromatic nitrogens is 6. The predicted octanol–water partition coefficient (Wildman–Crippen LogP) is 6.63. The number of nitrogens with one attached hydrogen (secondary N) is 4. The third-order valence-electron chi connectivity index (χ3n) is 6.64. The third-order valence-corrected chi connectivity index (χ3v) is 7.48. The van der Waals surface area contributed by atoms with E-state index in [1.54, 1.807) is 18.6 Å². The average Bonchev–Trinajstić information content (AvgIpc) is 3.56. The van der Waals surface area contributed by atoms with Crippen LogP contribution in [0.3, 0.4) is 0 Å². The molecule has 0 unspecified atom stereocenters. The molecule has 8 nitrogen and oxygen atoms in total. The lowest BCUT2D eigenvalue weighted by Gasteiger charge is -2.12. The Balaban J connectivity index is 1.43. The number of aromatic amines is 2. The number of hydrogen-bond acceptors (Lipinski definition) is 6. The van der Waals surface area contributed by atoms with Crippen molar-refractivity contribution in [1.29, 1.82) is 0 Å². The van der Waals surface area contributed by atoms with Gasteiger partial charge in [0.25, 0.3) is 0 Å². The number of nitrogens with zero attached hydrogens (tertiary/aromatic N) is 4. The summed E-state index contributed by atoms with van der Waals surface area (Å²) in [5, 5.41) is 10.8. The highest BCUT2D eigenvalue weighted by atomic mass is 32.2. The Morgan fingerprint density at radius 3 is 2.60 bits per heavy atom. The molecule has 0 aliphatic heterocycles. The summed E-state index contributed by atoms with van der Waals surface area (Å²) >= 11 is 0. The standard InChI is InChI=1S/C31H30F2N8S/c1-17(2)37-22-12-20(14-34-15-22)28-27(33)26-25(16-35-28)40-41-30(26)31-38-24-8-6-7-23(29(24)39-31)19-9-18(10-21(32)11-19)13-36-42(3,4)5/h6-12,14-17,36-37H,3-4,13H2,1-2,5H3,(H,38,39)(H,40,41). The molecular formula is C31H30F2N8S. The van der Waals surface area contributed by atoms with Crippen molar-refractivity contribution < 1.29 is 8.78 Å². The number of para-hydroxylation sites is 1. The fourth-order valence-corrected chi connectivity index (χ4v) is 5.39. The Kier molecular flexibility index (Phi) is 6.99. The van der Waals surface area contributed by atoms with Crippen LogP contribution in [0.2, 0.25) is 0 Å². The van der Waals surface area contributed by atoms with Crippen molar-refractivity contribution in [2.24, 2.45) is 0 Å². The molecule has 0 saturated heterocycles.